The van der Waals surface area contributed by atoms with E-state index in [1.807, 2.05) is 0 Å². The van der Waals surface area contributed by atoms with Gasteiger partial charge in [-0.1, -0.05) is 20.8 Å². The van der Waals surface area contributed by atoms with Crippen LogP contribution in [0.2, 0.25) is 0 Å². The monoisotopic (exact) mass is 268 g/mol. The first-order valence-electron chi connectivity index (χ1n) is 8.09. The summed E-state index contributed by atoms with van der Waals surface area (Å²) in [6, 6.07) is 0. The molecule has 1 atom stereocenters. The summed E-state index contributed by atoms with van der Waals surface area (Å²) in [6.45, 7) is 11.7. The summed E-state index contributed by atoms with van der Waals surface area (Å²) in [5.41, 5.74) is 0.478. The number of aliphatic hydroxyl groups is 1. The first-order valence-corrected chi connectivity index (χ1v) is 8.09. The van der Waals surface area contributed by atoms with Crippen molar-refractivity contribution in [3.63, 3.8) is 0 Å². The van der Waals surface area contributed by atoms with Crippen molar-refractivity contribution in [1.82, 2.24) is 10.2 Å². The average molecular weight is 268 g/mol. The van der Waals surface area contributed by atoms with Crippen LogP contribution in [0.3, 0.4) is 0 Å². The van der Waals surface area contributed by atoms with Crippen molar-refractivity contribution in [2.24, 2.45) is 11.3 Å². The molecule has 19 heavy (non-hydrogen) atoms. The standard InChI is InChI=1S/C16H32N2O/c1-4-9-17-16(13-19,14-5-6-14)12-18-10-7-15(2,3)8-11-18/h14,17,19H,4-13H2,1-3H3. The van der Waals surface area contributed by atoms with E-state index in [9.17, 15) is 5.11 Å². The highest BCUT2D eigenvalue weighted by Crippen LogP contribution is 2.41. The van der Waals surface area contributed by atoms with E-state index in [1.54, 1.807) is 0 Å². The van der Waals surface area contributed by atoms with Crippen LogP contribution in [0.4, 0.5) is 0 Å². The molecule has 1 saturated carbocycles. The van der Waals surface area contributed by atoms with Crippen LogP contribution in [0.15, 0.2) is 0 Å². The maximum absolute atomic E-state index is 9.96. The Kier molecular flexibility index (Phi) is 4.91. The molecule has 1 heterocycles. The van der Waals surface area contributed by atoms with Gasteiger partial charge in [0.1, 0.15) is 0 Å². The maximum atomic E-state index is 9.96. The van der Waals surface area contributed by atoms with Gasteiger partial charge in [-0.05, 0) is 63.1 Å². The van der Waals surface area contributed by atoms with E-state index in [-0.39, 0.29) is 12.1 Å². The molecule has 3 nitrogen and oxygen atoms in total. The molecule has 1 saturated heterocycles. The lowest BCUT2D eigenvalue weighted by Crippen LogP contribution is -2.59. The van der Waals surface area contributed by atoms with Gasteiger partial charge in [-0.25, -0.2) is 0 Å². The third kappa shape index (κ3) is 3.93. The minimum Gasteiger partial charge on any atom is -0.394 e. The molecule has 2 aliphatic rings. The van der Waals surface area contributed by atoms with Crippen molar-refractivity contribution in [2.75, 3.05) is 32.8 Å². The molecule has 2 rings (SSSR count). The molecule has 1 aliphatic heterocycles. The molecular weight excluding hydrogens is 236 g/mol. The fourth-order valence-corrected chi connectivity index (χ4v) is 3.29. The molecule has 0 bridgehead atoms. The van der Waals surface area contributed by atoms with Crippen LogP contribution in [-0.4, -0.2) is 48.3 Å². The molecule has 112 valence electrons. The summed E-state index contributed by atoms with van der Waals surface area (Å²) in [6.07, 6.45) is 6.29. The second kappa shape index (κ2) is 6.11. The lowest BCUT2D eigenvalue weighted by Gasteiger charge is -2.43. The van der Waals surface area contributed by atoms with E-state index in [4.69, 9.17) is 0 Å². The van der Waals surface area contributed by atoms with Gasteiger partial charge in [-0.3, -0.25) is 0 Å². The number of aliphatic hydroxyl groups excluding tert-OH is 1. The van der Waals surface area contributed by atoms with Crippen molar-refractivity contribution < 1.29 is 5.11 Å². The Hall–Kier alpha value is -0.120. The molecule has 0 spiro atoms. The summed E-state index contributed by atoms with van der Waals surface area (Å²) in [7, 11) is 0. The number of likely N-dealkylation sites (tertiary alicyclic amines) is 1. The smallest absolute Gasteiger partial charge is 0.0628 e. The van der Waals surface area contributed by atoms with Gasteiger partial charge in [-0.2, -0.15) is 0 Å². The van der Waals surface area contributed by atoms with Crippen LogP contribution < -0.4 is 5.32 Å². The van der Waals surface area contributed by atoms with Crippen LogP contribution in [-0.2, 0) is 0 Å². The van der Waals surface area contributed by atoms with E-state index < -0.39 is 0 Å². The summed E-state index contributed by atoms with van der Waals surface area (Å²) in [4.78, 5) is 2.57. The normalized spacial score (nSPS) is 27.2. The lowest BCUT2D eigenvalue weighted by atomic mass is 9.82. The predicted octanol–water partition coefficient (Wildman–Crippen LogP) is 2.25. The zero-order chi connectivity index (χ0) is 13.9. The molecule has 2 N–H and O–H groups in total. The minimum absolute atomic E-state index is 0.0303. The SMILES string of the molecule is CCCNC(CO)(CN1CCC(C)(C)CC1)C1CC1. The number of nitrogens with zero attached hydrogens (tertiary/aromatic N) is 1. The van der Waals surface area contributed by atoms with Crippen molar-refractivity contribution in [3.8, 4) is 0 Å². The topological polar surface area (TPSA) is 35.5 Å². The largest absolute Gasteiger partial charge is 0.394 e. The second-order valence-corrected chi connectivity index (χ2v) is 7.46. The van der Waals surface area contributed by atoms with Crippen molar-refractivity contribution in [3.05, 3.63) is 0 Å². The first kappa shape index (κ1) is 15.3. The molecule has 1 unspecified atom stereocenters. The third-order valence-corrected chi connectivity index (χ3v) is 5.08. The fraction of sp³-hybridized carbons (Fsp3) is 1.00. The van der Waals surface area contributed by atoms with E-state index in [0.29, 0.717) is 11.3 Å². The van der Waals surface area contributed by atoms with Gasteiger partial charge in [0.05, 0.1) is 12.1 Å². The fourth-order valence-electron chi connectivity index (χ4n) is 3.29. The van der Waals surface area contributed by atoms with Crippen LogP contribution in [0.5, 0.6) is 0 Å². The lowest BCUT2D eigenvalue weighted by molar-refractivity contribution is 0.0580. The highest BCUT2D eigenvalue weighted by atomic mass is 16.3. The molecule has 2 fully saturated rings. The quantitative estimate of drug-likeness (QED) is 0.743. The molecule has 0 aromatic heterocycles. The van der Waals surface area contributed by atoms with Crippen LogP contribution in [0.25, 0.3) is 0 Å². The number of hydrogen-bond acceptors (Lipinski definition) is 3. The molecule has 0 aromatic carbocycles. The van der Waals surface area contributed by atoms with Crippen LogP contribution >= 0.6 is 0 Å². The summed E-state index contributed by atoms with van der Waals surface area (Å²) in [5.74, 6) is 0.694. The summed E-state index contributed by atoms with van der Waals surface area (Å²) in [5, 5.41) is 13.6. The van der Waals surface area contributed by atoms with Crippen molar-refractivity contribution in [1.29, 1.82) is 0 Å². The maximum Gasteiger partial charge on any atom is 0.0628 e. The molecule has 3 heteroatoms. The zero-order valence-electron chi connectivity index (χ0n) is 13.0. The van der Waals surface area contributed by atoms with Gasteiger partial charge < -0.3 is 15.3 Å². The number of piperidine rings is 1. The number of rotatable bonds is 7. The van der Waals surface area contributed by atoms with E-state index in [2.05, 4.69) is 31.0 Å². The highest BCUT2D eigenvalue weighted by Gasteiger charge is 2.45. The van der Waals surface area contributed by atoms with Crippen LogP contribution in [0.1, 0.15) is 52.9 Å². The Morgan fingerprint density at radius 3 is 2.37 bits per heavy atom. The molecule has 0 amide bonds. The van der Waals surface area contributed by atoms with E-state index >= 15 is 0 Å². The summed E-state index contributed by atoms with van der Waals surface area (Å²) < 4.78 is 0. The van der Waals surface area contributed by atoms with Gasteiger partial charge in [0.25, 0.3) is 0 Å². The average Bonchev–Trinajstić information content (AvgIpc) is 3.21. The molecule has 0 aromatic rings. The van der Waals surface area contributed by atoms with Crippen molar-refractivity contribution in [2.45, 2.75) is 58.4 Å². The number of nitrogens with one attached hydrogen (secondary N) is 1. The highest BCUT2D eigenvalue weighted by molar-refractivity contribution is 5.03. The van der Waals surface area contributed by atoms with E-state index in [0.717, 1.165) is 19.5 Å². The molecule has 0 radical (unpaired) electrons. The Labute approximate surface area is 118 Å². The third-order valence-electron chi connectivity index (χ3n) is 5.08. The zero-order valence-corrected chi connectivity index (χ0v) is 13.0. The Bertz CT molecular complexity index is 278. The van der Waals surface area contributed by atoms with Gasteiger partial charge in [0.2, 0.25) is 0 Å². The number of hydrogen-bond donors (Lipinski definition) is 2. The van der Waals surface area contributed by atoms with E-state index in [1.165, 1.54) is 38.8 Å². The van der Waals surface area contributed by atoms with Gasteiger partial charge in [0.15, 0.2) is 0 Å². The van der Waals surface area contributed by atoms with Crippen LogP contribution in [0, 0.1) is 11.3 Å². The second-order valence-electron chi connectivity index (χ2n) is 7.46. The Morgan fingerprint density at radius 1 is 1.26 bits per heavy atom. The van der Waals surface area contributed by atoms with Gasteiger partial charge in [0, 0.05) is 6.54 Å². The first-order chi connectivity index (χ1) is 9.01. The summed E-state index contributed by atoms with van der Waals surface area (Å²) >= 11 is 0. The molecular formula is C16H32N2O. The van der Waals surface area contributed by atoms with Gasteiger partial charge >= 0.3 is 0 Å². The minimum atomic E-state index is -0.0303. The Morgan fingerprint density at radius 2 is 1.89 bits per heavy atom. The molecule has 1 aliphatic carbocycles. The predicted molar refractivity (Wildman–Crippen MR) is 80.3 cm³/mol. The van der Waals surface area contributed by atoms with Crippen molar-refractivity contribution >= 4 is 0 Å². The van der Waals surface area contributed by atoms with Gasteiger partial charge in [-0.15, -0.1) is 0 Å². The Balaban J connectivity index is 1.92.